The molecule has 0 fully saturated rings. The molecule has 0 saturated carbocycles. The molecule has 0 aliphatic carbocycles. The van der Waals surface area contributed by atoms with E-state index in [0.717, 1.165) is 17.6 Å². The molecule has 0 spiro atoms. The first kappa shape index (κ1) is 14.9. The third-order valence-corrected chi connectivity index (χ3v) is 1.25. The molecule has 0 amide bonds. The van der Waals surface area contributed by atoms with Gasteiger partial charge in [-0.25, -0.2) is 0 Å². The van der Waals surface area contributed by atoms with Crippen molar-refractivity contribution in [3.8, 4) is 0 Å². The van der Waals surface area contributed by atoms with E-state index in [2.05, 4.69) is 27.3 Å². The third kappa shape index (κ3) is 18.4. The minimum atomic E-state index is 0.951. The highest BCUT2D eigenvalue weighted by Crippen LogP contribution is 1.95. The molecule has 13 heavy (non-hydrogen) atoms. The fourth-order valence-corrected chi connectivity index (χ4v) is 0.774. The van der Waals surface area contributed by atoms with Crippen LogP contribution in [0.5, 0.6) is 0 Å². The Morgan fingerprint density at radius 1 is 1.00 bits per heavy atom. The van der Waals surface area contributed by atoms with Crippen molar-refractivity contribution < 1.29 is 4.48 Å². The zero-order valence-corrected chi connectivity index (χ0v) is 9.88. The lowest BCUT2D eigenvalue weighted by Crippen LogP contribution is -2.39. The lowest BCUT2D eigenvalue weighted by molar-refractivity contribution is -0.878. The lowest BCUT2D eigenvalue weighted by Gasteiger charge is -2.26. The van der Waals surface area contributed by atoms with E-state index in [4.69, 9.17) is 0 Å². The first-order valence-electron chi connectivity index (χ1n) is 4.50. The quantitative estimate of drug-likeness (QED) is 0.475. The Morgan fingerprint density at radius 3 is 1.38 bits per heavy atom. The highest BCUT2D eigenvalue weighted by Gasteiger charge is 2.07. The van der Waals surface area contributed by atoms with E-state index in [9.17, 15) is 0 Å². The van der Waals surface area contributed by atoms with Crippen LogP contribution in [0, 0.1) is 0 Å². The predicted molar refractivity (Wildman–Crippen MR) is 61.8 cm³/mol. The van der Waals surface area contributed by atoms with E-state index >= 15 is 0 Å². The first-order valence-corrected chi connectivity index (χ1v) is 4.50. The van der Waals surface area contributed by atoms with Gasteiger partial charge in [-0.1, -0.05) is 13.2 Å². The second kappa shape index (κ2) is 8.02. The van der Waals surface area contributed by atoms with Crippen molar-refractivity contribution in [1.29, 1.82) is 0 Å². The fraction of sp³-hybridized carbons (Fsp3) is 0.636. The highest BCUT2D eigenvalue weighted by molar-refractivity contribution is 4.69. The molecule has 2 heteroatoms. The molecule has 0 saturated heterocycles. The molecule has 0 bridgehead atoms. The van der Waals surface area contributed by atoms with E-state index in [-0.39, 0.29) is 0 Å². The maximum atomic E-state index is 3.68. The van der Waals surface area contributed by atoms with Gasteiger partial charge in [-0.2, -0.15) is 0 Å². The van der Waals surface area contributed by atoms with Crippen LogP contribution in [-0.4, -0.2) is 57.7 Å². The fourth-order valence-electron chi connectivity index (χ4n) is 0.774. The number of likely N-dealkylation sites (N-methyl/N-ethyl adjacent to an activating group) is 1. The lowest BCUT2D eigenvalue weighted by atomic mass is 10.4. The van der Waals surface area contributed by atoms with Crippen molar-refractivity contribution in [2.24, 2.45) is 0 Å². The molecular weight excluding hydrogens is 160 g/mol. The van der Waals surface area contributed by atoms with Gasteiger partial charge in [0.2, 0.25) is 0 Å². The molecule has 0 atom stereocenters. The van der Waals surface area contributed by atoms with Crippen molar-refractivity contribution >= 4 is 0 Å². The molecule has 0 rings (SSSR count). The van der Waals surface area contributed by atoms with Crippen LogP contribution in [0.4, 0.5) is 0 Å². The molecule has 0 heterocycles. The van der Waals surface area contributed by atoms with Gasteiger partial charge in [0.05, 0.1) is 27.2 Å². The van der Waals surface area contributed by atoms with Gasteiger partial charge in [0.15, 0.2) is 0 Å². The Kier molecular flexibility index (Phi) is 9.19. The average Bonchev–Trinajstić information content (AvgIpc) is 1.84. The molecule has 0 aliphatic rings. The van der Waals surface area contributed by atoms with Gasteiger partial charge in [-0.3, -0.25) is 0 Å². The molecule has 0 aliphatic heterocycles. The Bertz CT molecular complexity index is 122. The van der Waals surface area contributed by atoms with Crippen molar-refractivity contribution in [1.82, 2.24) is 4.90 Å². The standard InChI is InChI=1S/C8H16N.C3H9N/c1-5-7-9(3,4)8-6-2;1-4(2)3/h5-6H,1-2,7-8H2,3-4H3;1-3H3/q+1;. The molecule has 0 radical (unpaired) electrons. The Morgan fingerprint density at radius 2 is 1.23 bits per heavy atom. The van der Waals surface area contributed by atoms with E-state index < -0.39 is 0 Å². The van der Waals surface area contributed by atoms with Gasteiger partial charge < -0.3 is 9.38 Å². The molecule has 0 aromatic heterocycles. The van der Waals surface area contributed by atoms with Gasteiger partial charge in [0.25, 0.3) is 0 Å². The van der Waals surface area contributed by atoms with E-state index in [1.807, 2.05) is 38.2 Å². The zero-order valence-electron chi connectivity index (χ0n) is 9.88. The molecule has 0 aromatic rings. The number of nitrogens with zero attached hydrogens (tertiary/aromatic N) is 2. The van der Waals surface area contributed by atoms with Crippen molar-refractivity contribution in [2.75, 3.05) is 48.3 Å². The maximum absolute atomic E-state index is 3.68. The minimum absolute atomic E-state index is 0.951. The number of hydrogen-bond acceptors (Lipinski definition) is 1. The van der Waals surface area contributed by atoms with Gasteiger partial charge in [-0.15, -0.1) is 0 Å². The second-order valence-electron chi connectivity index (χ2n) is 4.22. The second-order valence-corrected chi connectivity index (χ2v) is 4.22. The molecule has 2 nitrogen and oxygen atoms in total. The third-order valence-electron chi connectivity index (χ3n) is 1.25. The number of rotatable bonds is 4. The van der Waals surface area contributed by atoms with Crippen molar-refractivity contribution in [2.45, 2.75) is 0 Å². The summed E-state index contributed by atoms with van der Waals surface area (Å²) in [5, 5.41) is 0. The maximum Gasteiger partial charge on any atom is 0.0969 e. The first-order chi connectivity index (χ1) is 5.85. The SMILES string of the molecule is C=CC[N+](C)(C)CC=C.CN(C)C. The van der Waals surface area contributed by atoms with Crippen molar-refractivity contribution in [3.05, 3.63) is 25.3 Å². The van der Waals surface area contributed by atoms with Gasteiger partial charge in [0.1, 0.15) is 0 Å². The topological polar surface area (TPSA) is 3.24 Å². The van der Waals surface area contributed by atoms with E-state index in [0.29, 0.717) is 0 Å². The summed E-state index contributed by atoms with van der Waals surface area (Å²) < 4.78 is 0.951. The Hall–Kier alpha value is -0.600. The smallest absolute Gasteiger partial charge is 0.0969 e. The highest BCUT2D eigenvalue weighted by atomic mass is 15.3. The Labute approximate surface area is 83.7 Å². The van der Waals surface area contributed by atoms with E-state index in [1.165, 1.54) is 0 Å². The van der Waals surface area contributed by atoms with E-state index in [1.54, 1.807) is 0 Å². The zero-order chi connectivity index (χ0) is 10.9. The number of quaternary nitrogens is 1. The van der Waals surface area contributed by atoms with Crippen LogP contribution in [0.25, 0.3) is 0 Å². The average molecular weight is 185 g/mol. The summed E-state index contributed by atoms with van der Waals surface area (Å²) in [5.74, 6) is 0. The summed E-state index contributed by atoms with van der Waals surface area (Å²) in [6.45, 7) is 9.37. The summed E-state index contributed by atoms with van der Waals surface area (Å²) in [6, 6.07) is 0. The summed E-state index contributed by atoms with van der Waals surface area (Å²) in [5.41, 5.74) is 0. The van der Waals surface area contributed by atoms with Crippen LogP contribution in [0.3, 0.4) is 0 Å². The summed E-state index contributed by atoms with van der Waals surface area (Å²) in [6.07, 6.45) is 3.87. The van der Waals surface area contributed by atoms with Gasteiger partial charge >= 0.3 is 0 Å². The normalized spacial score (nSPS) is 10.3. The number of hydrogen-bond donors (Lipinski definition) is 0. The van der Waals surface area contributed by atoms with Crippen LogP contribution >= 0.6 is 0 Å². The van der Waals surface area contributed by atoms with Crippen LogP contribution in [0.15, 0.2) is 25.3 Å². The minimum Gasteiger partial charge on any atom is -0.322 e. The summed E-state index contributed by atoms with van der Waals surface area (Å²) >= 11 is 0. The monoisotopic (exact) mass is 185 g/mol. The van der Waals surface area contributed by atoms with Crippen molar-refractivity contribution in [3.63, 3.8) is 0 Å². The molecule has 78 valence electrons. The largest absolute Gasteiger partial charge is 0.322 e. The Balaban J connectivity index is 0. The van der Waals surface area contributed by atoms with Crippen LogP contribution < -0.4 is 0 Å². The molecule has 0 aromatic carbocycles. The van der Waals surface area contributed by atoms with Crippen LogP contribution in [-0.2, 0) is 0 Å². The molecule has 0 N–H and O–H groups in total. The van der Waals surface area contributed by atoms with Gasteiger partial charge in [-0.05, 0) is 33.3 Å². The molecule has 0 unspecified atom stereocenters. The van der Waals surface area contributed by atoms with Crippen LogP contribution in [0.2, 0.25) is 0 Å². The summed E-state index contributed by atoms with van der Waals surface area (Å²) in [7, 11) is 10.3. The molecular formula is C11H25N2+. The summed E-state index contributed by atoms with van der Waals surface area (Å²) in [4.78, 5) is 2.00. The predicted octanol–water partition coefficient (Wildman–Crippen LogP) is 1.61. The van der Waals surface area contributed by atoms with Gasteiger partial charge in [0, 0.05) is 0 Å². The van der Waals surface area contributed by atoms with Crippen LogP contribution in [0.1, 0.15) is 0 Å².